The van der Waals surface area contributed by atoms with Crippen LogP contribution in [-0.2, 0) is 0 Å². The van der Waals surface area contributed by atoms with Crippen LogP contribution in [0.25, 0.3) is 0 Å². The van der Waals surface area contributed by atoms with E-state index in [9.17, 15) is 0 Å². The molecular weight excluding hydrogens is 285 g/mol. The van der Waals surface area contributed by atoms with Gasteiger partial charge in [-0.15, -0.1) is 0 Å². The molecule has 2 heterocycles. The number of fused-ring (bicyclic) bond motifs is 1. The van der Waals surface area contributed by atoms with Crippen LogP contribution < -0.4 is 0 Å². The Labute approximate surface area is 112 Å². The van der Waals surface area contributed by atoms with E-state index >= 15 is 0 Å². The van der Waals surface area contributed by atoms with Gasteiger partial charge in [-0.2, -0.15) is 0 Å². The zero-order chi connectivity index (χ0) is 12.7. The summed E-state index contributed by atoms with van der Waals surface area (Å²) >= 11 is 21.6. The number of quaternary nitrogens is 3. The Morgan fingerprint density at radius 2 is 1.00 bits per heavy atom. The quantitative estimate of drug-likeness (QED) is 0.472. The number of likely N-dealkylation sites (N-methyl/N-ethyl adjacent to an activating group) is 3. The normalized spacial score (nSPS) is 49.5. The van der Waals surface area contributed by atoms with Gasteiger partial charge < -0.3 is 0 Å². The molecule has 7 heteroatoms. The molecule has 0 bridgehead atoms. The number of hydrogen-bond donors (Lipinski definition) is 0. The molecule has 0 amide bonds. The van der Waals surface area contributed by atoms with Crippen molar-refractivity contribution < 1.29 is 12.4 Å². The Morgan fingerprint density at radius 1 is 0.688 bits per heavy atom. The van der Waals surface area contributed by atoms with E-state index in [0.29, 0.717) is 12.4 Å². The van der Waals surface area contributed by atoms with Crippen molar-refractivity contribution >= 4 is 38.3 Å². The predicted molar refractivity (Wildman–Crippen MR) is 73.2 cm³/mol. The van der Waals surface area contributed by atoms with Crippen LogP contribution >= 0.6 is 33.2 Å². The van der Waals surface area contributed by atoms with Crippen LogP contribution in [0.4, 0.5) is 0 Å². The van der Waals surface area contributed by atoms with Crippen molar-refractivity contribution in [3.8, 4) is 0 Å². The summed E-state index contributed by atoms with van der Waals surface area (Å²) in [5.74, 6) is 0. The molecule has 0 aliphatic carbocycles. The van der Waals surface area contributed by atoms with Crippen molar-refractivity contribution in [2.24, 2.45) is 0 Å². The zero-order valence-electron chi connectivity index (χ0n) is 10.8. The fourth-order valence-electron chi connectivity index (χ4n) is 4.00. The second kappa shape index (κ2) is 2.48. The Bertz CT molecular complexity index is 356. The Balaban J connectivity index is 2.89. The molecule has 2 aliphatic rings. The molecule has 16 heavy (non-hydrogen) atoms. The second-order valence-corrected chi connectivity index (χ2v) is 22.7. The molecule has 2 saturated heterocycles. The van der Waals surface area contributed by atoms with Crippen molar-refractivity contribution in [1.29, 1.82) is 0 Å². The van der Waals surface area contributed by atoms with Crippen LogP contribution in [0.15, 0.2) is 0 Å². The fraction of sp³-hybridized carbons (Fsp3) is 1.00. The minimum atomic E-state index is -4.37. The van der Waals surface area contributed by atoms with E-state index in [1.54, 1.807) is 0 Å². The Hall–Kier alpha value is 0.967. The van der Waals surface area contributed by atoms with Gasteiger partial charge in [0.2, 0.25) is 0 Å². The van der Waals surface area contributed by atoms with E-state index in [-0.39, 0.29) is 0 Å². The third-order valence-electron chi connectivity index (χ3n) is 5.86. The van der Waals surface area contributed by atoms with Crippen molar-refractivity contribution in [2.75, 3.05) is 61.4 Å². The first-order chi connectivity index (χ1) is 6.75. The summed E-state index contributed by atoms with van der Waals surface area (Å²) in [4.78, 5) is 0. The van der Waals surface area contributed by atoms with Gasteiger partial charge in [0.1, 0.15) is 0 Å². The SMILES string of the molecule is C[N+]1(C)CC[N+]2(C)CC[N+](C)(C)[Si-2]12(Cl)(Cl)Cl. The molecular formula is C9H23Cl3N3Si+. The first kappa shape index (κ1) is 13.4. The van der Waals surface area contributed by atoms with Crippen LogP contribution in [-0.4, -0.2) is 78.9 Å². The van der Waals surface area contributed by atoms with Gasteiger partial charge in [0.15, 0.2) is 0 Å². The number of rotatable bonds is 0. The standard InChI is InChI=1S/C9H23Cl3N3Si/c1-13(2)6-8-15(5)9-7-14(3,4)16(13,15,10,11)12/h6-9H2,1-5H3/q+1. The fourth-order valence-corrected chi connectivity index (χ4v) is 13.3. The molecule has 0 atom stereocenters. The molecule has 0 aromatic rings. The van der Waals surface area contributed by atoms with E-state index in [2.05, 4.69) is 35.2 Å². The van der Waals surface area contributed by atoms with Gasteiger partial charge in [-0.25, -0.2) is 0 Å². The van der Waals surface area contributed by atoms with E-state index in [4.69, 9.17) is 33.2 Å². The average Bonchev–Trinajstić information content (AvgIpc) is 2.28. The molecule has 0 radical (unpaired) electrons. The van der Waals surface area contributed by atoms with Gasteiger partial charge in [-0.1, -0.05) is 0 Å². The van der Waals surface area contributed by atoms with Crippen LogP contribution in [0.2, 0.25) is 0 Å². The van der Waals surface area contributed by atoms with Gasteiger partial charge >= 0.3 is 112 Å². The van der Waals surface area contributed by atoms with Crippen molar-refractivity contribution in [2.45, 2.75) is 0 Å². The molecule has 0 aromatic carbocycles. The van der Waals surface area contributed by atoms with Crippen molar-refractivity contribution in [3.63, 3.8) is 0 Å². The van der Waals surface area contributed by atoms with Gasteiger partial charge in [-0.3, -0.25) is 0 Å². The summed E-state index contributed by atoms with van der Waals surface area (Å²) in [7, 11) is 10.5. The predicted octanol–water partition coefficient (Wildman–Crippen LogP) is 1.67. The van der Waals surface area contributed by atoms with Gasteiger partial charge in [-0.05, 0) is 0 Å². The maximum absolute atomic E-state index is 7.21. The molecule has 98 valence electrons. The molecule has 3 nitrogen and oxygen atoms in total. The molecule has 0 spiro atoms. The number of halogens is 3. The molecule has 0 saturated carbocycles. The van der Waals surface area contributed by atoms with Crippen molar-refractivity contribution in [1.82, 2.24) is 0 Å². The first-order valence-corrected chi connectivity index (χ1v) is 11.6. The molecule has 0 aromatic heterocycles. The van der Waals surface area contributed by atoms with E-state index in [1.165, 1.54) is 0 Å². The number of hydrogen-bond acceptors (Lipinski definition) is 0. The second-order valence-electron chi connectivity index (χ2n) is 6.94. The first-order valence-electron chi connectivity index (χ1n) is 5.74. The van der Waals surface area contributed by atoms with Crippen LogP contribution in [0, 0.1) is 0 Å². The summed E-state index contributed by atoms with van der Waals surface area (Å²) in [5, 5.41) is -4.37. The summed E-state index contributed by atoms with van der Waals surface area (Å²) in [5.41, 5.74) is 0. The Kier molecular flexibility index (Phi) is 2.08. The third kappa shape index (κ3) is 0.812. The average molecular weight is 308 g/mol. The van der Waals surface area contributed by atoms with Gasteiger partial charge in [0.05, 0.1) is 0 Å². The van der Waals surface area contributed by atoms with E-state index in [1.807, 2.05) is 0 Å². The molecule has 2 rings (SSSR count). The molecule has 0 N–H and O–H groups in total. The Morgan fingerprint density at radius 3 is 1.25 bits per heavy atom. The van der Waals surface area contributed by atoms with Crippen LogP contribution in [0.5, 0.6) is 0 Å². The summed E-state index contributed by atoms with van der Waals surface area (Å²) in [6.07, 6.45) is 0. The topological polar surface area (TPSA) is 0 Å². The van der Waals surface area contributed by atoms with Gasteiger partial charge in [0, 0.05) is 0 Å². The van der Waals surface area contributed by atoms with Gasteiger partial charge in [0.25, 0.3) is 0 Å². The van der Waals surface area contributed by atoms with E-state index < -0.39 is 5.04 Å². The van der Waals surface area contributed by atoms with Crippen molar-refractivity contribution in [3.05, 3.63) is 0 Å². The summed E-state index contributed by atoms with van der Waals surface area (Å²) in [6.45, 7) is 3.82. The van der Waals surface area contributed by atoms with E-state index in [0.717, 1.165) is 26.2 Å². The molecule has 2 aliphatic heterocycles. The zero-order valence-corrected chi connectivity index (χ0v) is 14.1. The minimum absolute atomic E-state index is 0.545. The van der Waals surface area contributed by atoms with Crippen LogP contribution in [0.1, 0.15) is 0 Å². The summed E-state index contributed by atoms with van der Waals surface area (Å²) < 4.78 is 1.73. The monoisotopic (exact) mass is 306 g/mol. The van der Waals surface area contributed by atoms with Crippen LogP contribution in [0.3, 0.4) is 0 Å². The third-order valence-corrected chi connectivity index (χ3v) is 25.8. The molecule has 0 unspecified atom stereocenters. The molecule has 2 fully saturated rings. The number of nitrogens with zero attached hydrogens (tertiary/aromatic N) is 3. The maximum atomic E-state index is 7.21. The summed E-state index contributed by atoms with van der Waals surface area (Å²) in [6, 6.07) is 0.